The van der Waals surface area contributed by atoms with Crippen molar-refractivity contribution in [3.05, 3.63) is 55.0 Å². The predicted octanol–water partition coefficient (Wildman–Crippen LogP) is 3.45. The van der Waals surface area contributed by atoms with E-state index < -0.39 is 0 Å². The van der Waals surface area contributed by atoms with Crippen LogP contribution in [-0.4, -0.2) is 72.5 Å². The van der Waals surface area contributed by atoms with Crippen LogP contribution in [0.2, 0.25) is 0 Å². The molecule has 0 saturated carbocycles. The molecule has 0 spiro atoms. The molecule has 37 heavy (non-hydrogen) atoms. The summed E-state index contributed by atoms with van der Waals surface area (Å²) in [4.78, 5) is 21.0. The first-order valence-electron chi connectivity index (χ1n) is 12.6. The van der Waals surface area contributed by atoms with Gasteiger partial charge in [0.25, 0.3) is 0 Å². The van der Waals surface area contributed by atoms with Gasteiger partial charge in [-0.15, -0.1) is 0 Å². The predicted molar refractivity (Wildman–Crippen MR) is 145 cm³/mol. The molecule has 2 fully saturated rings. The lowest BCUT2D eigenvalue weighted by Crippen LogP contribution is -2.36. The third-order valence-corrected chi connectivity index (χ3v) is 6.71. The van der Waals surface area contributed by atoms with Crippen molar-refractivity contribution in [2.75, 3.05) is 62.0 Å². The van der Waals surface area contributed by atoms with Crippen LogP contribution in [0.25, 0.3) is 22.3 Å². The number of methoxy groups -OCH3 is 1. The average molecular weight is 499 g/mol. The maximum atomic E-state index is 5.59. The van der Waals surface area contributed by atoms with Crippen LogP contribution in [-0.2, 0) is 4.74 Å². The topological polar surface area (TPSA) is 109 Å². The number of nitrogens with one attached hydrogen (secondary N) is 3. The maximum Gasteiger partial charge on any atom is 0.162 e. The molecule has 2 saturated heterocycles. The lowest BCUT2D eigenvalue weighted by molar-refractivity contribution is 0.122. The van der Waals surface area contributed by atoms with Crippen molar-refractivity contribution >= 4 is 33.9 Å². The largest absolute Gasteiger partial charge is 0.494 e. The summed E-state index contributed by atoms with van der Waals surface area (Å²) in [6, 6.07) is 12.5. The highest BCUT2D eigenvalue weighted by Gasteiger charge is 2.20. The van der Waals surface area contributed by atoms with Crippen LogP contribution >= 0.6 is 0 Å². The minimum atomic E-state index is 0.289. The maximum absolute atomic E-state index is 5.59. The second-order valence-electron chi connectivity index (χ2n) is 9.17. The molecule has 5 heterocycles. The molecule has 1 unspecified atom stereocenters. The Hall–Kier alpha value is -4.02. The highest BCUT2D eigenvalue weighted by molar-refractivity contribution is 5.95. The quantitative estimate of drug-likeness (QED) is 0.350. The monoisotopic (exact) mass is 498 g/mol. The van der Waals surface area contributed by atoms with Gasteiger partial charge in [-0.1, -0.05) is 6.07 Å². The third-order valence-electron chi connectivity index (χ3n) is 6.71. The van der Waals surface area contributed by atoms with Crippen molar-refractivity contribution in [3.63, 3.8) is 0 Å². The first-order chi connectivity index (χ1) is 18.3. The van der Waals surface area contributed by atoms with Crippen molar-refractivity contribution in [2.45, 2.75) is 12.5 Å². The minimum Gasteiger partial charge on any atom is -0.494 e. The molecule has 0 aliphatic carbocycles. The molecule has 4 aromatic rings. The molecular weight excluding hydrogens is 468 g/mol. The van der Waals surface area contributed by atoms with E-state index in [0.29, 0.717) is 11.6 Å². The number of rotatable bonds is 7. The van der Waals surface area contributed by atoms with E-state index in [4.69, 9.17) is 19.4 Å². The SMILES string of the molecule is COc1cncc2nc(-c3ccnc(Nc4cccc(N5CCOCC5)c4)c3)nc(NC3CCNC3)c12. The summed E-state index contributed by atoms with van der Waals surface area (Å²) in [5.74, 6) is 2.72. The second kappa shape index (κ2) is 10.5. The first kappa shape index (κ1) is 23.4. The van der Waals surface area contributed by atoms with Gasteiger partial charge in [-0.3, -0.25) is 4.98 Å². The number of fused-ring (bicyclic) bond motifs is 1. The molecule has 190 valence electrons. The molecule has 2 aliphatic heterocycles. The van der Waals surface area contributed by atoms with Gasteiger partial charge in [-0.2, -0.15) is 0 Å². The van der Waals surface area contributed by atoms with Gasteiger partial charge in [0.05, 0.1) is 43.6 Å². The van der Waals surface area contributed by atoms with E-state index in [2.05, 4.69) is 49.0 Å². The Morgan fingerprint density at radius 3 is 2.86 bits per heavy atom. The van der Waals surface area contributed by atoms with E-state index in [9.17, 15) is 0 Å². The number of morpholine rings is 1. The van der Waals surface area contributed by atoms with E-state index in [0.717, 1.165) is 79.6 Å². The average Bonchev–Trinajstić information content (AvgIpc) is 3.46. The zero-order valence-electron chi connectivity index (χ0n) is 20.8. The molecule has 10 nitrogen and oxygen atoms in total. The van der Waals surface area contributed by atoms with Crippen molar-refractivity contribution in [1.29, 1.82) is 0 Å². The van der Waals surface area contributed by atoms with Gasteiger partial charge in [-0.05, 0) is 43.3 Å². The summed E-state index contributed by atoms with van der Waals surface area (Å²) < 4.78 is 11.1. The number of nitrogens with zero attached hydrogens (tertiary/aromatic N) is 5. The molecule has 3 N–H and O–H groups in total. The Morgan fingerprint density at radius 1 is 1.11 bits per heavy atom. The first-order valence-corrected chi connectivity index (χ1v) is 12.6. The Balaban J connectivity index is 1.31. The molecule has 3 aromatic heterocycles. The minimum absolute atomic E-state index is 0.289. The molecule has 1 atom stereocenters. The Labute approximate surface area is 215 Å². The van der Waals surface area contributed by atoms with Crippen molar-refractivity contribution in [1.82, 2.24) is 25.3 Å². The van der Waals surface area contributed by atoms with Gasteiger partial charge in [0.2, 0.25) is 0 Å². The number of hydrogen-bond donors (Lipinski definition) is 3. The third kappa shape index (κ3) is 5.11. The summed E-state index contributed by atoms with van der Waals surface area (Å²) in [6.45, 7) is 5.16. The van der Waals surface area contributed by atoms with Crippen LogP contribution in [0.15, 0.2) is 55.0 Å². The van der Waals surface area contributed by atoms with Crippen LogP contribution in [0.4, 0.5) is 23.0 Å². The fourth-order valence-electron chi connectivity index (χ4n) is 4.80. The Kier molecular flexibility index (Phi) is 6.66. The van der Waals surface area contributed by atoms with Crippen LogP contribution in [0, 0.1) is 0 Å². The molecular formula is C27H30N8O2. The van der Waals surface area contributed by atoms with Gasteiger partial charge < -0.3 is 30.3 Å². The molecule has 10 heteroatoms. The van der Waals surface area contributed by atoms with E-state index in [1.54, 1.807) is 25.7 Å². The van der Waals surface area contributed by atoms with Gasteiger partial charge in [0.1, 0.15) is 17.4 Å². The van der Waals surface area contributed by atoms with Gasteiger partial charge >= 0.3 is 0 Å². The summed E-state index contributed by atoms with van der Waals surface area (Å²) in [5.41, 5.74) is 3.72. The second-order valence-corrected chi connectivity index (χ2v) is 9.17. The molecule has 1 aromatic carbocycles. The number of hydrogen-bond acceptors (Lipinski definition) is 10. The van der Waals surface area contributed by atoms with Crippen LogP contribution in [0.5, 0.6) is 5.75 Å². The number of anilines is 4. The number of benzene rings is 1. The number of aromatic nitrogens is 4. The molecule has 2 aliphatic rings. The number of ether oxygens (including phenoxy) is 2. The fourth-order valence-corrected chi connectivity index (χ4v) is 4.80. The van der Waals surface area contributed by atoms with Crippen LogP contribution in [0.1, 0.15) is 6.42 Å². The van der Waals surface area contributed by atoms with Crippen molar-refractivity contribution < 1.29 is 9.47 Å². The van der Waals surface area contributed by atoms with E-state index in [-0.39, 0.29) is 6.04 Å². The molecule has 0 amide bonds. The normalized spacial score (nSPS) is 17.6. The highest BCUT2D eigenvalue weighted by atomic mass is 16.5. The fraction of sp³-hybridized carbons (Fsp3) is 0.333. The van der Waals surface area contributed by atoms with Crippen LogP contribution in [0.3, 0.4) is 0 Å². The summed E-state index contributed by atoms with van der Waals surface area (Å²) in [6.07, 6.45) is 6.25. The van der Waals surface area contributed by atoms with E-state index >= 15 is 0 Å². The Bertz CT molecular complexity index is 1390. The lowest BCUT2D eigenvalue weighted by atomic mass is 10.2. The lowest BCUT2D eigenvalue weighted by Gasteiger charge is -2.29. The van der Waals surface area contributed by atoms with E-state index in [1.807, 2.05) is 18.2 Å². The van der Waals surface area contributed by atoms with Crippen molar-refractivity contribution in [3.8, 4) is 17.1 Å². The summed E-state index contributed by atoms with van der Waals surface area (Å²) in [7, 11) is 1.64. The highest BCUT2D eigenvalue weighted by Crippen LogP contribution is 2.33. The summed E-state index contributed by atoms with van der Waals surface area (Å²) in [5, 5.41) is 11.3. The molecule has 0 bridgehead atoms. The standard InChI is InChI=1S/C27H30N8O2/c1-36-23-17-29-16-22-25(23)27(32-20-6-7-28-15-20)34-26(33-22)18-5-8-30-24(13-18)31-19-3-2-4-21(14-19)35-9-11-37-12-10-35/h2-5,8,13-14,16-17,20,28H,6-7,9-12,15H2,1H3,(H,30,31)(H,32,33,34). The number of pyridine rings is 2. The summed E-state index contributed by atoms with van der Waals surface area (Å²) >= 11 is 0. The van der Waals surface area contributed by atoms with Crippen molar-refractivity contribution in [2.24, 2.45) is 0 Å². The smallest absolute Gasteiger partial charge is 0.162 e. The van der Waals surface area contributed by atoms with Crippen LogP contribution < -0.4 is 25.6 Å². The zero-order valence-corrected chi connectivity index (χ0v) is 20.8. The van der Waals surface area contributed by atoms with E-state index in [1.165, 1.54) is 5.69 Å². The molecule has 6 rings (SSSR count). The van der Waals surface area contributed by atoms with Gasteiger partial charge in [-0.25, -0.2) is 15.0 Å². The zero-order chi connectivity index (χ0) is 25.0. The molecule has 0 radical (unpaired) electrons. The Morgan fingerprint density at radius 2 is 2.03 bits per heavy atom. The van der Waals surface area contributed by atoms with Gasteiger partial charge in [0, 0.05) is 48.8 Å². The van der Waals surface area contributed by atoms with Gasteiger partial charge in [0.15, 0.2) is 5.82 Å².